The maximum atomic E-state index is 12.4. The van der Waals surface area contributed by atoms with Crippen molar-refractivity contribution in [3.63, 3.8) is 0 Å². The van der Waals surface area contributed by atoms with Gasteiger partial charge in [-0.05, 0) is 30.2 Å². The van der Waals surface area contributed by atoms with Crippen LogP contribution in [-0.4, -0.2) is 27.4 Å². The van der Waals surface area contributed by atoms with Crippen LogP contribution in [0.2, 0.25) is 10.0 Å². The lowest BCUT2D eigenvalue weighted by atomic mass is 10.2. The van der Waals surface area contributed by atoms with E-state index in [2.05, 4.69) is 5.32 Å². The van der Waals surface area contributed by atoms with E-state index in [0.29, 0.717) is 0 Å². The summed E-state index contributed by atoms with van der Waals surface area (Å²) in [6.07, 6.45) is 0.883. The lowest BCUT2D eigenvalue weighted by Gasteiger charge is -2.19. The summed E-state index contributed by atoms with van der Waals surface area (Å²) < 4.78 is 22.8. The molecule has 3 N–H and O–H groups in total. The zero-order valence-corrected chi connectivity index (χ0v) is 15.3. The second-order valence-corrected chi connectivity index (χ2v) is 8.03. The number of nitrogens with zero attached hydrogens (tertiary/aromatic N) is 1. The van der Waals surface area contributed by atoms with Crippen molar-refractivity contribution in [3.8, 4) is 0 Å². The third kappa shape index (κ3) is 3.90. The second-order valence-electron chi connectivity index (χ2n) is 5.66. The predicted molar refractivity (Wildman–Crippen MR) is 98.8 cm³/mol. The van der Waals surface area contributed by atoms with Gasteiger partial charge in [-0.3, -0.25) is 4.79 Å². The molecule has 2 aromatic rings. The Hall–Kier alpha value is -1.80. The number of fused-ring (bicyclic) bond motifs is 1. The van der Waals surface area contributed by atoms with Crippen LogP contribution in [-0.2, 0) is 21.2 Å². The topological polar surface area (TPSA) is 92.5 Å². The molecule has 1 heterocycles. The van der Waals surface area contributed by atoms with Crippen molar-refractivity contribution < 1.29 is 13.2 Å². The Morgan fingerprint density at radius 3 is 2.48 bits per heavy atom. The Labute approximate surface area is 155 Å². The van der Waals surface area contributed by atoms with Crippen LogP contribution >= 0.6 is 23.2 Å². The van der Waals surface area contributed by atoms with Crippen LogP contribution < -0.4 is 15.4 Å². The standard InChI is InChI=1S/C16H15Cl2N3O3S/c17-12-7-11(25(19,23)24)8-13(18)16(12)20-15(22)9-21-6-5-10-3-1-2-4-14(10)21/h1-4,7-8H,5-6,9H2,(H,20,22)(H2,19,23,24). The van der Waals surface area contributed by atoms with Gasteiger partial charge < -0.3 is 10.2 Å². The van der Waals surface area contributed by atoms with E-state index in [9.17, 15) is 13.2 Å². The number of primary sulfonamides is 1. The molecule has 0 aromatic heterocycles. The van der Waals surface area contributed by atoms with Crippen LogP contribution in [0, 0.1) is 0 Å². The van der Waals surface area contributed by atoms with Crippen LogP contribution in [0.5, 0.6) is 0 Å². The fraction of sp³-hybridized carbons (Fsp3) is 0.188. The Morgan fingerprint density at radius 1 is 1.20 bits per heavy atom. The van der Waals surface area contributed by atoms with Crippen molar-refractivity contribution in [3.05, 3.63) is 52.0 Å². The summed E-state index contributed by atoms with van der Waals surface area (Å²) in [5.41, 5.74) is 2.39. The van der Waals surface area contributed by atoms with Crippen molar-refractivity contribution >= 4 is 50.5 Å². The first kappa shape index (κ1) is 18.0. The number of para-hydroxylation sites is 1. The van der Waals surface area contributed by atoms with Gasteiger partial charge in [-0.2, -0.15) is 0 Å². The highest BCUT2D eigenvalue weighted by Crippen LogP contribution is 2.33. The number of sulfonamides is 1. The van der Waals surface area contributed by atoms with E-state index in [4.69, 9.17) is 28.3 Å². The van der Waals surface area contributed by atoms with E-state index in [-0.39, 0.29) is 33.1 Å². The highest BCUT2D eigenvalue weighted by molar-refractivity contribution is 7.89. The molecule has 132 valence electrons. The lowest BCUT2D eigenvalue weighted by Crippen LogP contribution is -2.32. The average Bonchev–Trinajstić information content (AvgIpc) is 2.93. The number of halogens is 2. The summed E-state index contributed by atoms with van der Waals surface area (Å²) in [7, 11) is -3.93. The molecule has 25 heavy (non-hydrogen) atoms. The summed E-state index contributed by atoms with van der Waals surface area (Å²) in [4.78, 5) is 14.1. The molecule has 9 heteroatoms. The Balaban J connectivity index is 1.76. The van der Waals surface area contributed by atoms with Gasteiger partial charge in [-0.25, -0.2) is 13.6 Å². The normalized spacial score (nSPS) is 13.6. The van der Waals surface area contributed by atoms with Crippen molar-refractivity contribution in [1.82, 2.24) is 0 Å². The van der Waals surface area contributed by atoms with Gasteiger partial charge in [0.2, 0.25) is 15.9 Å². The Bertz CT molecular complexity index is 924. The van der Waals surface area contributed by atoms with E-state index < -0.39 is 10.0 Å². The maximum absolute atomic E-state index is 12.4. The van der Waals surface area contributed by atoms with Crippen LogP contribution in [0.15, 0.2) is 41.3 Å². The van der Waals surface area contributed by atoms with E-state index >= 15 is 0 Å². The van der Waals surface area contributed by atoms with Crippen molar-refractivity contribution in [2.45, 2.75) is 11.3 Å². The minimum atomic E-state index is -3.93. The Morgan fingerprint density at radius 2 is 1.84 bits per heavy atom. The molecule has 0 aliphatic carbocycles. The molecule has 2 aromatic carbocycles. The molecule has 6 nitrogen and oxygen atoms in total. The molecule has 3 rings (SSSR count). The minimum absolute atomic E-state index is 0.00620. The van der Waals surface area contributed by atoms with Gasteiger partial charge in [-0.15, -0.1) is 0 Å². The van der Waals surface area contributed by atoms with Crippen LogP contribution in [0.1, 0.15) is 5.56 Å². The third-order valence-electron chi connectivity index (χ3n) is 3.93. The number of amides is 1. The molecular weight excluding hydrogens is 385 g/mol. The van der Waals surface area contributed by atoms with Gasteiger partial charge in [-0.1, -0.05) is 41.4 Å². The number of rotatable bonds is 4. The third-order valence-corrected chi connectivity index (χ3v) is 5.42. The number of carbonyl (C=O) groups excluding carboxylic acids is 1. The minimum Gasteiger partial charge on any atom is -0.362 e. The highest BCUT2D eigenvalue weighted by Gasteiger charge is 2.22. The predicted octanol–water partition coefficient (Wildman–Crippen LogP) is 2.64. The summed E-state index contributed by atoms with van der Waals surface area (Å²) in [6.45, 7) is 0.888. The van der Waals surface area contributed by atoms with Gasteiger partial charge in [0.1, 0.15) is 0 Å². The number of hydrogen-bond donors (Lipinski definition) is 2. The number of anilines is 2. The van der Waals surface area contributed by atoms with Gasteiger partial charge in [0.25, 0.3) is 0 Å². The number of nitrogens with two attached hydrogens (primary N) is 1. The summed E-state index contributed by atoms with van der Waals surface area (Å²) in [5, 5.41) is 7.71. The van der Waals surface area contributed by atoms with Gasteiger partial charge in [0.05, 0.1) is 27.2 Å². The smallest absolute Gasteiger partial charge is 0.243 e. The SMILES string of the molecule is NS(=O)(=O)c1cc(Cl)c(NC(=O)CN2CCc3ccccc32)c(Cl)c1. The van der Waals surface area contributed by atoms with Crippen LogP contribution in [0.3, 0.4) is 0 Å². The zero-order chi connectivity index (χ0) is 18.2. The zero-order valence-electron chi connectivity index (χ0n) is 13.0. The van der Waals surface area contributed by atoms with E-state index in [1.165, 1.54) is 5.56 Å². The van der Waals surface area contributed by atoms with E-state index in [0.717, 1.165) is 30.8 Å². The second kappa shape index (κ2) is 6.84. The number of benzene rings is 2. The maximum Gasteiger partial charge on any atom is 0.243 e. The number of hydrogen-bond acceptors (Lipinski definition) is 4. The van der Waals surface area contributed by atoms with Gasteiger partial charge in [0, 0.05) is 12.2 Å². The number of carbonyl (C=O) groups is 1. The molecule has 0 saturated heterocycles. The molecule has 0 unspecified atom stereocenters. The molecule has 1 amide bonds. The molecule has 0 bridgehead atoms. The van der Waals surface area contributed by atoms with Crippen molar-refractivity contribution in [2.75, 3.05) is 23.3 Å². The van der Waals surface area contributed by atoms with Crippen LogP contribution in [0.25, 0.3) is 0 Å². The molecule has 0 fully saturated rings. The molecule has 0 spiro atoms. The van der Waals surface area contributed by atoms with Gasteiger partial charge >= 0.3 is 0 Å². The van der Waals surface area contributed by atoms with E-state index in [1.54, 1.807) is 0 Å². The fourth-order valence-electron chi connectivity index (χ4n) is 2.76. The summed E-state index contributed by atoms with van der Waals surface area (Å²) >= 11 is 12.1. The molecular formula is C16H15Cl2N3O3S. The van der Waals surface area contributed by atoms with Crippen LogP contribution in [0.4, 0.5) is 11.4 Å². The largest absolute Gasteiger partial charge is 0.362 e. The Kier molecular flexibility index (Phi) is 4.92. The summed E-state index contributed by atoms with van der Waals surface area (Å²) in [6, 6.07) is 10.2. The highest BCUT2D eigenvalue weighted by atomic mass is 35.5. The molecule has 1 aliphatic rings. The van der Waals surface area contributed by atoms with Crippen molar-refractivity contribution in [2.24, 2.45) is 5.14 Å². The fourth-order valence-corrected chi connectivity index (χ4v) is 4.03. The molecule has 0 saturated carbocycles. The number of nitrogens with one attached hydrogen (secondary N) is 1. The molecule has 0 atom stereocenters. The van der Waals surface area contributed by atoms with E-state index in [1.807, 2.05) is 29.2 Å². The first-order valence-corrected chi connectivity index (χ1v) is 9.70. The van der Waals surface area contributed by atoms with Crippen molar-refractivity contribution in [1.29, 1.82) is 0 Å². The summed E-state index contributed by atoms with van der Waals surface area (Å²) in [5.74, 6) is -0.302. The first-order chi connectivity index (χ1) is 11.8. The van der Waals surface area contributed by atoms with Gasteiger partial charge in [0.15, 0.2) is 0 Å². The molecule has 0 radical (unpaired) electrons. The average molecular weight is 400 g/mol. The molecule has 1 aliphatic heterocycles. The monoisotopic (exact) mass is 399 g/mol. The first-order valence-electron chi connectivity index (χ1n) is 7.40. The lowest BCUT2D eigenvalue weighted by molar-refractivity contribution is -0.115. The quantitative estimate of drug-likeness (QED) is 0.826.